The Bertz CT molecular complexity index is 655. The van der Waals surface area contributed by atoms with Gasteiger partial charge < -0.3 is 0 Å². The average molecular weight is 348 g/mol. The highest BCUT2D eigenvalue weighted by Crippen LogP contribution is 2.49. The quantitative estimate of drug-likeness (QED) is 0.474. The van der Waals surface area contributed by atoms with Crippen LogP contribution in [-0.4, -0.2) is 0 Å². The van der Waals surface area contributed by atoms with E-state index in [1.54, 1.807) is 0 Å². The molecule has 3 rings (SSSR count). The highest BCUT2D eigenvalue weighted by atomic mass is 14.4. The lowest BCUT2D eigenvalue weighted by atomic mass is 9.62. The molecule has 0 amide bonds. The average Bonchev–Trinajstić information content (AvgIpc) is 2.70. The summed E-state index contributed by atoms with van der Waals surface area (Å²) in [4.78, 5) is 0. The number of nitrogens with zero attached hydrogens (tertiary/aromatic N) is 1. The number of unbranched alkanes of at least 4 members (excludes halogenated alkanes) is 2. The maximum absolute atomic E-state index is 9.49. The van der Waals surface area contributed by atoms with Crippen molar-refractivity contribution < 1.29 is 0 Å². The van der Waals surface area contributed by atoms with Crippen LogP contribution in [0.15, 0.2) is 48.6 Å². The number of benzene rings is 1. The van der Waals surface area contributed by atoms with Crippen LogP contribution in [0.2, 0.25) is 0 Å². The van der Waals surface area contributed by atoms with E-state index < -0.39 is 0 Å². The molecule has 26 heavy (non-hydrogen) atoms. The molecule has 0 heterocycles. The topological polar surface area (TPSA) is 23.8 Å². The van der Waals surface area contributed by atoms with E-state index in [0.717, 1.165) is 12.3 Å². The Kier molecular flexibility index (Phi) is 6.73. The smallest absolute Gasteiger partial charge is 0.0631 e. The van der Waals surface area contributed by atoms with E-state index in [0.29, 0.717) is 12.3 Å². The van der Waals surface area contributed by atoms with Gasteiger partial charge in [-0.05, 0) is 42.2 Å². The van der Waals surface area contributed by atoms with Crippen LogP contribution < -0.4 is 0 Å². The predicted octanol–water partition coefficient (Wildman–Crippen LogP) is 7.32. The van der Waals surface area contributed by atoms with Gasteiger partial charge in [-0.15, -0.1) is 0 Å². The first-order chi connectivity index (χ1) is 12.8. The highest BCUT2D eigenvalue weighted by Gasteiger charge is 2.39. The van der Waals surface area contributed by atoms with Crippen LogP contribution in [0.4, 0.5) is 0 Å². The standard InChI is InChI=1S/C25H33N/c1-2-3-5-8-21-11-13-24(14-12-21)25(19-20-26)17-15-23(16-18-25)22-9-6-4-7-10-22/h4,6-7,9-10,15-17,21,24H,2-3,5,8,11-14,18-19H2,1H3. The third kappa shape index (κ3) is 4.47. The summed E-state index contributed by atoms with van der Waals surface area (Å²) in [6.07, 6.45) is 19.6. The van der Waals surface area contributed by atoms with Gasteiger partial charge in [-0.1, -0.05) is 94.0 Å². The van der Waals surface area contributed by atoms with Gasteiger partial charge in [-0.3, -0.25) is 0 Å². The molecule has 0 N–H and O–H groups in total. The summed E-state index contributed by atoms with van der Waals surface area (Å²) in [5, 5.41) is 9.49. The molecular weight excluding hydrogens is 314 g/mol. The van der Waals surface area contributed by atoms with Crippen molar-refractivity contribution in [3.63, 3.8) is 0 Å². The molecule has 2 aliphatic carbocycles. The van der Waals surface area contributed by atoms with Crippen LogP contribution in [0.3, 0.4) is 0 Å². The van der Waals surface area contributed by atoms with Crippen molar-refractivity contribution in [2.24, 2.45) is 17.3 Å². The molecule has 0 spiro atoms. The lowest BCUT2D eigenvalue weighted by molar-refractivity contribution is 0.142. The molecule has 1 aromatic carbocycles. The van der Waals surface area contributed by atoms with E-state index in [1.165, 1.54) is 62.5 Å². The molecule has 0 radical (unpaired) electrons. The first-order valence-electron chi connectivity index (χ1n) is 10.6. The second-order valence-electron chi connectivity index (χ2n) is 8.34. The number of hydrogen-bond acceptors (Lipinski definition) is 1. The van der Waals surface area contributed by atoms with Gasteiger partial charge in [-0.25, -0.2) is 0 Å². The fraction of sp³-hybridized carbons (Fsp3) is 0.560. The number of nitriles is 1. The zero-order valence-corrected chi connectivity index (χ0v) is 16.3. The normalized spacial score (nSPS) is 28.4. The van der Waals surface area contributed by atoms with E-state index in [1.807, 2.05) is 0 Å². The van der Waals surface area contributed by atoms with E-state index in [2.05, 4.69) is 61.6 Å². The van der Waals surface area contributed by atoms with Gasteiger partial charge in [0.25, 0.3) is 0 Å². The van der Waals surface area contributed by atoms with Crippen molar-refractivity contribution in [1.82, 2.24) is 0 Å². The molecular formula is C25H33N. The first-order valence-corrected chi connectivity index (χ1v) is 10.6. The zero-order chi connectivity index (χ0) is 18.2. The molecule has 1 aromatic rings. The lowest BCUT2D eigenvalue weighted by Crippen LogP contribution is -2.32. The van der Waals surface area contributed by atoms with Crippen LogP contribution >= 0.6 is 0 Å². The van der Waals surface area contributed by atoms with Crippen molar-refractivity contribution in [1.29, 1.82) is 5.26 Å². The lowest BCUT2D eigenvalue weighted by Gasteiger charge is -2.42. The number of allylic oxidation sites excluding steroid dienone is 4. The molecule has 0 bridgehead atoms. The van der Waals surface area contributed by atoms with Crippen molar-refractivity contribution in [2.75, 3.05) is 0 Å². The van der Waals surface area contributed by atoms with Crippen molar-refractivity contribution in [2.45, 2.75) is 71.1 Å². The van der Waals surface area contributed by atoms with Crippen LogP contribution in [0.25, 0.3) is 5.57 Å². The number of hydrogen-bond donors (Lipinski definition) is 0. The Labute approximate surface area is 159 Å². The highest BCUT2D eigenvalue weighted by molar-refractivity contribution is 5.75. The van der Waals surface area contributed by atoms with Crippen LogP contribution in [0.1, 0.15) is 76.7 Å². The SMILES string of the molecule is CCCCCC1CCC(C2(CC#N)C=CC(c3ccccc3)=CC2)CC1. The molecule has 2 aliphatic rings. The van der Waals surface area contributed by atoms with Gasteiger partial charge in [0.15, 0.2) is 0 Å². The van der Waals surface area contributed by atoms with Crippen LogP contribution in [-0.2, 0) is 0 Å². The minimum absolute atomic E-state index is 0.0709. The summed E-state index contributed by atoms with van der Waals surface area (Å²) < 4.78 is 0. The van der Waals surface area contributed by atoms with Gasteiger partial charge in [0.2, 0.25) is 0 Å². The molecule has 1 saturated carbocycles. The molecule has 1 unspecified atom stereocenters. The zero-order valence-electron chi connectivity index (χ0n) is 16.3. The summed E-state index contributed by atoms with van der Waals surface area (Å²) in [6.45, 7) is 2.29. The predicted molar refractivity (Wildman–Crippen MR) is 110 cm³/mol. The monoisotopic (exact) mass is 347 g/mol. The fourth-order valence-electron chi connectivity index (χ4n) is 4.97. The van der Waals surface area contributed by atoms with E-state index in [4.69, 9.17) is 0 Å². The minimum atomic E-state index is 0.0709. The Morgan fingerprint density at radius 2 is 1.85 bits per heavy atom. The second kappa shape index (κ2) is 9.22. The van der Waals surface area contributed by atoms with Crippen molar-refractivity contribution in [3.05, 3.63) is 54.1 Å². The van der Waals surface area contributed by atoms with E-state index in [-0.39, 0.29) is 5.41 Å². The van der Waals surface area contributed by atoms with Gasteiger partial charge in [0.05, 0.1) is 6.07 Å². The number of rotatable bonds is 7. The van der Waals surface area contributed by atoms with Gasteiger partial charge in [0.1, 0.15) is 0 Å². The Balaban J connectivity index is 1.63. The third-order valence-corrected chi connectivity index (χ3v) is 6.69. The molecule has 138 valence electrons. The Morgan fingerprint density at radius 1 is 1.08 bits per heavy atom. The fourth-order valence-corrected chi connectivity index (χ4v) is 4.97. The summed E-state index contributed by atoms with van der Waals surface area (Å²) in [6, 6.07) is 13.1. The van der Waals surface area contributed by atoms with Gasteiger partial charge in [0, 0.05) is 11.8 Å². The Hall–Kier alpha value is -1.81. The second-order valence-corrected chi connectivity index (χ2v) is 8.34. The van der Waals surface area contributed by atoms with E-state index in [9.17, 15) is 5.26 Å². The van der Waals surface area contributed by atoms with Crippen molar-refractivity contribution in [3.8, 4) is 6.07 Å². The molecule has 1 atom stereocenters. The molecule has 0 aromatic heterocycles. The summed E-state index contributed by atoms with van der Waals surface area (Å²) in [7, 11) is 0. The summed E-state index contributed by atoms with van der Waals surface area (Å²) in [5.41, 5.74) is 2.67. The molecule has 1 fully saturated rings. The van der Waals surface area contributed by atoms with Gasteiger partial charge >= 0.3 is 0 Å². The molecule has 1 nitrogen and oxygen atoms in total. The molecule has 0 saturated heterocycles. The summed E-state index contributed by atoms with van der Waals surface area (Å²) in [5.74, 6) is 1.61. The Morgan fingerprint density at radius 3 is 2.46 bits per heavy atom. The van der Waals surface area contributed by atoms with E-state index >= 15 is 0 Å². The van der Waals surface area contributed by atoms with Gasteiger partial charge in [-0.2, -0.15) is 5.26 Å². The van der Waals surface area contributed by atoms with Crippen molar-refractivity contribution >= 4 is 5.57 Å². The maximum Gasteiger partial charge on any atom is 0.0631 e. The largest absolute Gasteiger partial charge is 0.198 e. The minimum Gasteiger partial charge on any atom is -0.198 e. The molecule has 1 heteroatoms. The first kappa shape index (κ1) is 19.0. The maximum atomic E-state index is 9.49. The summed E-state index contributed by atoms with van der Waals surface area (Å²) >= 11 is 0. The van der Waals surface area contributed by atoms with Crippen LogP contribution in [0.5, 0.6) is 0 Å². The molecule has 0 aliphatic heterocycles. The van der Waals surface area contributed by atoms with Crippen LogP contribution in [0, 0.1) is 28.6 Å². The third-order valence-electron chi connectivity index (χ3n) is 6.69.